The first-order chi connectivity index (χ1) is 16.4. The molecule has 34 heavy (non-hydrogen) atoms. The molecule has 5 rings (SSSR count). The van der Waals surface area contributed by atoms with Crippen LogP contribution >= 0.6 is 0 Å². The Morgan fingerprint density at radius 1 is 1.12 bits per heavy atom. The number of benzene rings is 2. The number of nitrogens with two attached hydrogens (primary N) is 2. The van der Waals surface area contributed by atoms with E-state index in [0.717, 1.165) is 5.56 Å². The van der Waals surface area contributed by atoms with E-state index in [0.29, 0.717) is 29.1 Å². The third-order valence-electron chi connectivity index (χ3n) is 6.10. The molecule has 8 heteroatoms. The van der Waals surface area contributed by atoms with Gasteiger partial charge in [-0.25, -0.2) is 0 Å². The standard InChI is InChI=1S/C26H21N5O3/c1-14-11-18(32)21(26(33)31(14)13-15-7-3-2-4-8-15)20-16-9-5-6-10-19(16)34-25-22(20)23(28)17(12-27)24(29)30-25/h2-11,20,32H,13H2,1H3,(H4,28,29,30). The van der Waals surface area contributed by atoms with Crippen LogP contribution in [0.2, 0.25) is 0 Å². The summed E-state index contributed by atoms with van der Waals surface area (Å²) in [4.78, 5) is 18.1. The van der Waals surface area contributed by atoms with E-state index in [9.17, 15) is 15.2 Å². The number of hydrogen-bond donors (Lipinski definition) is 3. The minimum atomic E-state index is -0.810. The smallest absolute Gasteiger partial charge is 0.258 e. The molecule has 4 aromatic rings. The molecule has 0 fully saturated rings. The second-order valence-corrected chi connectivity index (χ2v) is 8.15. The molecule has 0 saturated heterocycles. The van der Waals surface area contributed by atoms with Crippen LogP contribution in [0.4, 0.5) is 11.5 Å². The quantitative estimate of drug-likeness (QED) is 0.380. The van der Waals surface area contributed by atoms with Gasteiger partial charge >= 0.3 is 0 Å². The van der Waals surface area contributed by atoms with Crippen molar-refractivity contribution in [3.63, 3.8) is 0 Å². The second-order valence-electron chi connectivity index (χ2n) is 8.15. The molecule has 2 aromatic heterocycles. The van der Waals surface area contributed by atoms with Gasteiger partial charge < -0.3 is 25.9 Å². The maximum absolute atomic E-state index is 13.9. The van der Waals surface area contributed by atoms with Crippen molar-refractivity contribution in [3.05, 3.63) is 105 Å². The first-order valence-corrected chi connectivity index (χ1v) is 10.6. The fourth-order valence-corrected chi connectivity index (χ4v) is 4.46. The van der Waals surface area contributed by atoms with E-state index in [4.69, 9.17) is 16.2 Å². The van der Waals surface area contributed by atoms with Gasteiger partial charge in [0.25, 0.3) is 5.56 Å². The molecule has 1 aliphatic heterocycles. The molecule has 0 aliphatic carbocycles. The molecule has 0 bridgehead atoms. The number of nitrogen functional groups attached to an aromatic ring is 2. The van der Waals surface area contributed by atoms with Gasteiger partial charge in [0, 0.05) is 11.3 Å². The highest BCUT2D eigenvalue weighted by atomic mass is 16.5. The van der Waals surface area contributed by atoms with Gasteiger partial charge in [-0.05, 0) is 24.6 Å². The molecule has 1 atom stereocenters. The number of aromatic hydroxyl groups is 1. The fraction of sp³-hybridized carbons (Fsp3) is 0.115. The predicted octanol–water partition coefficient (Wildman–Crippen LogP) is 3.63. The van der Waals surface area contributed by atoms with Crippen LogP contribution in [0.3, 0.4) is 0 Å². The lowest BCUT2D eigenvalue weighted by molar-refractivity contribution is 0.427. The molecule has 1 aliphatic rings. The predicted molar refractivity (Wildman–Crippen MR) is 128 cm³/mol. The lowest BCUT2D eigenvalue weighted by Crippen LogP contribution is -2.30. The Balaban J connectivity index is 1.81. The number of aromatic nitrogens is 2. The van der Waals surface area contributed by atoms with Gasteiger partial charge in [-0.1, -0.05) is 48.5 Å². The second kappa shape index (κ2) is 7.98. The lowest BCUT2D eigenvalue weighted by Gasteiger charge is -2.30. The Bertz CT molecular complexity index is 1540. The van der Waals surface area contributed by atoms with E-state index >= 15 is 0 Å². The number of hydrogen-bond acceptors (Lipinski definition) is 7. The van der Waals surface area contributed by atoms with E-state index in [2.05, 4.69) is 4.98 Å². The van der Waals surface area contributed by atoms with Gasteiger partial charge in [0.05, 0.1) is 29.3 Å². The first kappa shape index (κ1) is 21.1. The maximum atomic E-state index is 13.9. The van der Waals surface area contributed by atoms with Crippen LogP contribution in [0.15, 0.2) is 65.5 Å². The third kappa shape index (κ3) is 3.22. The SMILES string of the molecule is Cc1cc(O)c(C2c3ccccc3Oc3nc(N)c(C#N)c(N)c32)c(=O)n1Cc1ccccc1. The zero-order chi connectivity index (χ0) is 24.0. The molecule has 2 aromatic carbocycles. The summed E-state index contributed by atoms with van der Waals surface area (Å²) in [6, 6.07) is 20.3. The zero-order valence-electron chi connectivity index (χ0n) is 18.3. The third-order valence-corrected chi connectivity index (χ3v) is 6.10. The molecule has 0 spiro atoms. The molecule has 168 valence electrons. The number of aryl methyl sites for hydroxylation is 1. The number of nitrogens with zero attached hydrogens (tertiary/aromatic N) is 3. The van der Waals surface area contributed by atoms with Gasteiger partial charge in [0.2, 0.25) is 5.88 Å². The molecular formula is C26H21N5O3. The molecule has 0 saturated carbocycles. The van der Waals surface area contributed by atoms with Crippen molar-refractivity contribution < 1.29 is 9.84 Å². The summed E-state index contributed by atoms with van der Waals surface area (Å²) in [6.07, 6.45) is 0. The normalized spacial score (nSPS) is 13.9. The molecule has 5 N–H and O–H groups in total. The van der Waals surface area contributed by atoms with E-state index in [-0.39, 0.29) is 39.8 Å². The Morgan fingerprint density at radius 2 is 1.82 bits per heavy atom. The lowest BCUT2D eigenvalue weighted by atomic mass is 9.82. The van der Waals surface area contributed by atoms with E-state index in [1.807, 2.05) is 36.4 Å². The highest BCUT2D eigenvalue weighted by molar-refractivity contribution is 5.75. The average Bonchev–Trinajstić information content (AvgIpc) is 2.82. The molecule has 0 radical (unpaired) electrons. The Labute approximate surface area is 195 Å². The summed E-state index contributed by atoms with van der Waals surface area (Å²) in [7, 11) is 0. The van der Waals surface area contributed by atoms with Crippen molar-refractivity contribution in [2.45, 2.75) is 19.4 Å². The number of pyridine rings is 2. The Kier molecular flexibility index (Phi) is 4.95. The minimum Gasteiger partial charge on any atom is -0.507 e. The Hall–Kier alpha value is -4.77. The molecular weight excluding hydrogens is 430 g/mol. The van der Waals surface area contributed by atoms with Gasteiger partial charge in [-0.15, -0.1) is 0 Å². The summed E-state index contributed by atoms with van der Waals surface area (Å²) in [5.41, 5.74) is 14.6. The number of anilines is 2. The van der Waals surface area contributed by atoms with Crippen LogP contribution < -0.4 is 21.8 Å². The molecule has 0 amide bonds. The van der Waals surface area contributed by atoms with Gasteiger partial charge in [-0.3, -0.25) is 4.79 Å². The average molecular weight is 451 g/mol. The van der Waals surface area contributed by atoms with Crippen LogP contribution in [0, 0.1) is 18.3 Å². The summed E-state index contributed by atoms with van der Waals surface area (Å²) < 4.78 is 7.55. The summed E-state index contributed by atoms with van der Waals surface area (Å²) in [5, 5.41) is 20.6. The zero-order valence-corrected chi connectivity index (χ0v) is 18.3. The number of nitriles is 1. The van der Waals surface area contributed by atoms with Crippen LogP contribution in [0.25, 0.3) is 0 Å². The highest BCUT2D eigenvalue weighted by Crippen LogP contribution is 2.50. The first-order valence-electron chi connectivity index (χ1n) is 10.6. The number of ether oxygens (including phenoxy) is 1. The van der Waals surface area contributed by atoms with Crippen LogP contribution in [0.5, 0.6) is 17.4 Å². The monoisotopic (exact) mass is 451 g/mol. The highest BCUT2D eigenvalue weighted by Gasteiger charge is 2.37. The van der Waals surface area contributed by atoms with E-state index in [1.54, 1.807) is 41.8 Å². The maximum Gasteiger partial charge on any atom is 0.258 e. The van der Waals surface area contributed by atoms with E-state index in [1.165, 1.54) is 0 Å². The summed E-state index contributed by atoms with van der Waals surface area (Å²) >= 11 is 0. The number of para-hydroxylation sites is 1. The number of fused-ring (bicyclic) bond motifs is 2. The number of rotatable bonds is 3. The summed E-state index contributed by atoms with van der Waals surface area (Å²) in [6.45, 7) is 2.10. The minimum absolute atomic E-state index is 0.00273. The van der Waals surface area contributed by atoms with Crippen LogP contribution in [-0.4, -0.2) is 14.7 Å². The fourth-order valence-electron chi connectivity index (χ4n) is 4.46. The van der Waals surface area contributed by atoms with Crippen molar-refractivity contribution in [3.8, 4) is 23.4 Å². The van der Waals surface area contributed by atoms with Crippen molar-refractivity contribution in [1.29, 1.82) is 5.26 Å². The molecule has 1 unspecified atom stereocenters. The largest absolute Gasteiger partial charge is 0.507 e. The molecule has 3 heterocycles. The van der Waals surface area contributed by atoms with Gasteiger partial charge in [0.15, 0.2) is 0 Å². The van der Waals surface area contributed by atoms with Crippen molar-refractivity contribution in [2.24, 2.45) is 0 Å². The van der Waals surface area contributed by atoms with E-state index < -0.39 is 5.92 Å². The molecule has 8 nitrogen and oxygen atoms in total. The van der Waals surface area contributed by atoms with Gasteiger partial charge in [-0.2, -0.15) is 10.2 Å². The van der Waals surface area contributed by atoms with Crippen LogP contribution in [-0.2, 0) is 6.54 Å². The summed E-state index contributed by atoms with van der Waals surface area (Å²) in [5.74, 6) is -0.479. The van der Waals surface area contributed by atoms with Crippen molar-refractivity contribution in [2.75, 3.05) is 11.5 Å². The van der Waals surface area contributed by atoms with Crippen molar-refractivity contribution >= 4 is 11.5 Å². The van der Waals surface area contributed by atoms with Gasteiger partial charge in [0.1, 0.15) is 28.9 Å². The topological polar surface area (TPSA) is 140 Å². The van der Waals surface area contributed by atoms with Crippen LogP contribution in [0.1, 0.15) is 39.4 Å². The Morgan fingerprint density at radius 3 is 2.56 bits per heavy atom. The van der Waals surface area contributed by atoms with Crippen molar-refractivity contribution in [1.82, 2.24) is 9.55 Å².